The number of hydrogen-bond donors (Lipinski definition) is 0. The van der Waals surface area contributed by atoms with Gasteiger partial charge in [0.05, 0.1) is 18.4 Å². The van der Waals surface area contributed by atoms with E-state index in [1.54, 1.807) is 12.1 Å². The van der Waals surface area contributed by atoms with Crippen LogP contribution in [0.15, 0.2) is 18.2 Å². The van der Waals surface area contributed by atoms with Crippen molar-refractivity contribution in [3.05, 3.63) is 23.2 Å². The van der Waals surface area contributed by atoms with E-state index in [-0.39, 0.29) is 56.7 Å². The molecule has 0 N–H and O–H groups in total. The van der Waals surface area contributed by atoms with Gasteiger partial charge < -0.3 is 46.9 Å². The van der Waals surface area contributed by atoms with Gasteiger partial charge in [0.1, 0.15) is 0 Å². The summed E-state index contributed by atoms with van der Waals surface area (Å²) in [6.45, 7) is 4.66. The topological polar surface area (TPSA) is 40.6 Å². The standard InChI is InChI=1S/C12H16N3OS.3ClH.Zn/c1-2-16-12-9-10(14-13)3-4-11(12)15-5-7-17-8-6-15;;;;/h3-4,9H,2,5-8H2,1H3;3*1H;/q+1;;;;+2/p-3. The minimum absolute atomic E-state index is 0. The van der Waals surface area contributed by atoms with Crippen LogP contribution in [0, 0.1) is 5.39 Å². The summed E-state index contributed by atoms with van der Waals surface area (Å²) in [6, 6.07) is 5.55. The second kappa shape index (κ2) is 13.7. The Morgan fingerprint density at radius 1 is 1.24 bits per heavy atom. The summed E-state index contributed by atoms with van der Waals surface area (Å²) in [5, 5.41) is 8.78. The number of thioether (sulfide) groups is 1. The second-order valence-corrected chi connectivity index (χ2v) is 5.01. The van der Waals surface area contributed by atoms with Crippen LogP contribution in [-0.2, 0) is 19.5 Å². The minimum atomic E-state index is 0. The third kappa shape index (κ3) is 7.26. The van der Waals surface area contributed by atoms with Crippen LogP contribution < -0.4 is 46.9 Å². The van der Waals surface area contributed by atoms with Gasteiger partial charge in [-0.3, -0.25) is 0 Å². The molecule has 4 nitrogen and oxygen atoms in total. The maximum atomic E-state index is 8.78. The summed E-state index contributed by atoms with van der Waals surface area (Å²) in [4.78, 5) is 5.52. The molecule has 0 aromatic heterocycles. The van der Waals surface area contributed by atoms with E-state index in [0.29, 0.717) is 12.3 Å². The first kappa shape index (κ1) is 26.0. The van der Waals surface area contributed by atoms with Crippen LogP contribution in [-0.4, -0.2) is 31.2 Å². The van der Waals surface area contributed by atoms with E-state index in [9.17, 15) is 0 Å². The van der Waals surface area contributed by atoms with Gasteiger partial charge in [-0.25, -0.2) is 0 Å². The number of hydrogen-bond acceptors (Lipinski definition) is 4. The Morgan fingerprint density at radius 3 is 2.38 bits per heavy atom. The van der Waals surface area contributed by atoms with Crippen molar-refractivity contribution in [1.29, 1.82) is 5.39 Å². The number of benzene rings is 1. The van der Waals surface area contributed by atoms with Crippen molar-refractivity contribution in [3.8, 4) is 5.75 Å². The molecule has 1 aromatic rings. The van der Waals surface area contributed by atoms with Crippen molar-refractivity contribution in [2.24, 2.45) is 0 Å². The van der Waals surface area contributed by atoms with Gasteiger partial charge in [-0.05, 0) is 13.0 Å². The van der Waals surface area contributed by atoms with Crippen molar-refractivity contribution >= 4 is 23.1 Å². The molecular weight excluding hydrogens is 406 g/mol. The zero-order valence-electron chi connectivity index (χ0n) is 11.8. The van der Waals surface area contributed by atoms with Crippen molar-refractivity contribution in [1.82, 2.24) is 0 Å². The van der Waals surface area contributed by atoms with E-state index < -0.39 is 0 Å². The number of diazo groups is 1. The largest absolute Gasteiger partial charge is 2.00 e. The quantitative estimate of drug-likeness (QED) is 0.360. The van der Waals surface area contributed by atoms with E-state index >= 15 is 0 Å². The van der Waals surface area contributed by atoms with Crippen molar-refractivity contribution in [2.45, 2.75) is 6.92 Å². The normalized spacial score (nSPS) is 12.5. The molecule has 0 spiro atoms. The average molecular weight is 422 g/mol. The molecule has 1 aliphatic heterocycles. The van der Waals surface area contributed by atoms with Crippen molar-refractivity contribution < 1.29 is 61.4 Å². The monoisotopic (exact) mass is 419 g/mol. The zero-order valence-corrected chi connectivity index (χ0v) is 17.8. The van der Waals surface area contributed by atoms with Gasteiger partial charge in [-0.15, -0.1) is 0 Å². The summed E-state index contributed by atoms with van der Waals surface area (Å²) in [7, 11) is 0. The maximum absolute atomic E-state index is 8.78. The van der Waals surface area contributed by atoms with Gasteiger partial charge in [0.15, 0.2) is 10.7 Å². The van der Waals surface area contributed by atoms with Gasteiger partial charge in [-0.1, -0.05) is 0 Å². The number of nitrogens with zero attached hydrogens (tertiary/aromatic N) is 3. The average Bonchev–Trinajstić information content (AvgIpc) is 2.40. The van der Waals surface area contributed by atoms with Crippen LogP contribution in [0.2, 0.25) is 0 Å². The van der Waals surface area contributed by atoms with E-state index in [4.69, 9.17) is 10.1 Å². The van der Waals surface area contributed by atoms with Crippen LogP contribution >= 0.6 is 11.8 Å². The SMILES string of the molecule is CCOc1cc([N+]#N)ccc1N1CCSCC1.[Cl-].[Cl-].[Cl-].[Zn+2]. The number of rotatable bonds is 3. The van der Waals surface area contributed by atoms with E-state index in [2.05, 4.69) is 9.88 Å². The molecule has 1 saturated heterocycles. The summed E-state index contributed by atoms with van der Waals surface area (Å²) < 4.78 is 5.61. The molecule has 0 unspecified atom stereocenters. The number of ether oxygens (including phenoxy) is 1. The Hall–Kier alpha value is 0.0834. The first-order chi connectivity index (χ1) is 8.35. The predicted molar refractivity (Wildman–Crippen MR) is 71.9 cm³/mol. The Morgan fingerprint density at radius 2 is 1.86 bits per heavy atom. The molecule has 21 heavy (non-hydrogen) atoms. The summed E-state index contributed by atoms with van der Waals surface area (Å²) in [5.41, 5.74) is 1.63. The Bertz CT molecular complexity index is 442. The third-order valence-corrected chi connectivity index (χ3v) is 3.65. The van der Waals surface area contributed by atoms with Crippen molar-refractivity contribution in [2.75, 3.05) is 36.1 Å². The fourth-order valence-electron chi connectivity index (χ4n) is 1.90. The van der Waals surface area contributed by atoms with Crippen LogP contribution in [0.5, 0.6) is 5.75 Å². The number of anilines is 1. The van der Waals surface area contributed by atoms with E-state index in [1.807, 2.05) is 24.8 Å². The van der Waals surface area contributed by atoms with Crippen LogP contribution in [0.1, 0.15) is 6.92 Å². The molecule has 0 bridgehead atoms. The molecule has 1 fully saturated rings. The first-order valence-corrected chi connectivity index (χ1v) is 6.95. The summed E-state index contributed by atoms with van der Waals surface area (Å²) in [6.07, 6.45) is 0. The second-order valence-electron chi connectivity index (χ2n) is 3.78. The molecule has 0 aliphatic carbocycles. The molecule has 0 radical (unpaired) electrons. The Kier molecular flexibility index (Phi) is 17.0. The summed E-state index contributed by atoms with van der Waals surface area (Å²) >= 11 is 1.98. The van der Waals surface area contributed by atoms with E-state index in [0.717, 1.165) is 36.0 Å². The van der Waals surface area contributed by atoms with Crippen LogP contribution in [0.25, 0.3) is 4.98 Å². The molecule has 0 atom stereocenters. The molecule has 114 valence electrons. The first-order valence-electron chi connectivity index (χ1n) is 5.79. The predicted octanol–water partition coefficient (Wildman–Crippen LogP) is -5.87. The van der Waals surface area contributed by atoms with Gasteiger partial charge in [0.25, 0.3) is 0 Å². The zero-order chi connectivity index (χ0) is 12.1. The fourth-order valence-corrected chi connectivity index (χ4v) is 2.80. The van der Waals surface area contributed by atoms with Crippen LogP contribution in [0.4, 0.5) is 11.4 Å². The Balaban J connectivity index is -0.000000810. The molecule has 0 amide bonds. The van der Waals surface area contributed by atoms with Crippen LogP contribution in [0.3, 0.4) is 0 Å². The Labute approximate surface area is 161 Å². The molecule has 2 rings (SSSR count). The smallest absolute Gasteiger partial charge is 1.00 e. The van der Waals surface area contributed by atoms with E-state index in [1.165, 1.54) is 0 Å². The number of halogens is 3. The molecule has 1 heterocycles. The van der Waals surface area contributed by atoms with Gasteiger partial charge in [0.2, 0.25) is 5.39 Å². The molecular formula is C12H16Cl3N3OSZn. The van der Waals surface area contributed by atoms with Gasteiger partial charge in [0, 0.05) is 30.7 Å². The molecule has 9 heteroatoms. The fraction of sp³-hybridized carbons (Fsp3) is 0.500. The molecule has 0 saturated carbocycles. The molecule has 1 aromatic carbocycles. The van der Waals surface area contributed by atoms with Gasteiger partial charge in [-0.2, -0.15) is 11.8 Å². The van der Waals surface area contributed by atoms with Gasteiger partial charge >= 0.3 is 25.2 Å². The minimum Gasteiger partial charge on any atom is -1.00 e. The molecule has 1 aliphatic rings. The third-order valence-electron chi connectivity index (χ3n) is 2.71. The summed E-state index contributed by atoms with van der Waals surface area (Å²) in [5.74, 6) is 3.10. The maximum Gasteiger partial charge on any atom is 2.00 e. The van der Waals surface area contributed by atoms with Crippen molar-refractivity contribution in [3.63, 3.8) is 0 Å².